The highest BCUT2D eigenvalue weighted by molar-refractivity contribution is 5.24. The van der Waals surface area contributed by atoms with Gasteiger partial charge < -0.3 is 0 Å². The summed E-state index contributed by atoms with van der Waals surface area (Å²) in [6.45, 7) is 12.5. The molecule has 3 nitrogen and oxygen atoms in total. The molecule has 0 aliphatic heterocycles. The van der Waals surface area contributed by atoms with E-state index in [0.717, 1.165) is 18.5 Å². The quantitative estimate of drug-likeness (QED) is 0.808. The Labute approximate surface area is 104 Å². The zero-order valence-electron chi connectivity index (χ0n) is 11.9. The lowest BCUT2D eigenvalue weighted by molar-refractivity contribution is 0.513. The van der Waals surface area contributed by atoms with E-state index in [1.54, 1.807) is 4.57 Å². The average molecular weight is 236 g/mol. The van der Waals surface area contributed by atoms with Crippen molar-refractivity contribution in [2.24, 2.45) is 0 Å². The first-order chi connectivity index (χ1) is 7.77. The van der Waals surface area contributed by atoms with E-state index in [0.29, 0.717) is 0 Å². The second-order valence-corrected chi connectivity index (χ2v) is 5.90. The molecule has 0 aliphatic carbocycles. The molecule has 96 valence electrons. The highest BCUT2D eigenvalue weighted by Crippen LogP contribution is 2.23. The summed E-state index contributed by atoms with van der Waals surface area (Å²) in [6.07, 6.45) is 4.04. The summed E-state index contributed by atoms with van der Waals surface area (Å²) in [5.74, 6) is 0. The minimum Gasteiger partial charge on any atom is -0.296 e. The Balaban J connectivity index is 3.41. The summed E-state index contributed by atoms with van der Waals surface area (Å²) < 4.78 is 1.72. The van der Waals surface area contributed by atoms with Crippen LogP contribution in [0.3, 0.4) is 0 Å². The van der Waals surface area contributed by atoms with E-state index in [-0.39, 0.29) is 17.1 Å². The van der Waals surface area contributed by atoms with Crippen LogP contribution in [0.2, 0.25) is 0 Å². The number of hydrogen-bond donors (Lipinski definition) is 0. The van der Waals surface area contributed by atoms with Gasteiger partial charge in [0, 0.05) is 17.7 Å². The van der Waals surface area contributed by atoms with Gasteiger partial charge in [0.25, 0.3) is 0 Å². The van der Waals surface area contributed by atoms with Gasteiger partial charge in [-0.05, 0) is 25.8 Å². The lowest BCUT2D eigenvalue weighted by Crippen LogP contribution is -2.30. The topological polar surface area (TPSA) is 34.9 Å². The molecule has 0 saturated carbocycles. The summed E-state index contributed by atoms with van der Waals surface area (Å²) in [7, 11) is 0. The van der Waals surface area contributed by atoms with E-state index in [1.165, 1.54) is 5.56 Å². The molecule has 0 bridgehead atoms. The number of aromatic nitrogens is 2. The number of aryl methyl sites for hydroxylation is 1. The molecule has 1 aromatic heterocycles. The SMILES string of the molecule is CCCc1cn(C(C)C)c(=O)nc1C(C)(C)C. The molecule has 1 rings (SSSR count). The molecule has 0 N–H and O–H groups in total. The number of hydrogen-bond acceptors (Lipinski definition) is 2. The molecule has 0 fully saturated rings. The fraction of sp³-hybridized carbons (Fsp3) is 0.714. The van der Waals surface area contributed by atoms with Gasteiger partial charge in [-0.3, -0.25) is 4.57 Å². The largest absolute Gasteiger partial charge is 0.348 e. The Bertz CT molecular complexity index is 439. The third-order valence-electron chi connectivity index (χ3n) is 2.81. The van der Waals surface area contributed by atoms with Crippen molar-refractivity contribution < 1.29 is 0 Å². The van der Waals surface area contributed by atoms with Crippen molar-refractivity contribution >= 4 is 0 Å². The van der Waals surface area contributed by atoms with Crippen LogP contribution in [0, 0.1) is 0 Å². The first-order valence-electron chi connectivity index (χ1n) is 6.40. The van der Waals surface area contributed by atoms with Crippen molar-refractivity contribution in [3.63, 3.8) is 0 Å². The number of rotatable bonds is 3. The third kappa shape index (κ3) is 3.18. The van der Waals surface area contributed by atoms with Crippen molar-refractivity contribution in [1.82, 2.24) is 9.55 Å². The molecule has 3 heteroatoms. The molecule has 0 atom stereocenters. The summed E-state index contributed by atoms with van der Waals surface area (Å²) in [5, 5.41) is 0. The normalized spacial score (nSPS) is 12.2. The fourth-order valence-electron chi connectivity index (χ4n) is 1.98. The van der Waals surface area contributed by atoms with E-state index < -0.39 is 0 Å². The van der Waals surface area contributed by atoms with Gasteiger partial charge in [-0.25, -0.2) is 4.79 Å². The zero-order valence-corrected chi connectivity index (χ0v) is 11.9. The van der Waals surface area contributed by atoms with Crippen LogP contribution < -0.4 is 5.69 Å². The fourth-order valence-corrected chi connectivity index (χ4v) is 1.98. The van der Waals surface area contributed by atoms with Crippen LogP contribution in [-0.4, -0.2) is 9.55 Å². The first-order valence-corrected chi connectivity index (χ1v) is 6.40. The van der Waals surface area contributed by atoms with Crippen LogP contribution in [-0.2, 0) is 11.8 Å². The molecule has 0 radical (unpaired) electrons. The van der Waals surface area contributed by atoms with Gasteiger partial charge in [0.05, 0.1) is 5.69 Å². The zero-order chi connectivity index (χ0) is 13.2. The highest BCUT2D eigenvalue weighted by atomic mass is 16.1. The summed E-state index contributed by atoms with van der Waals surface area (Å²) in [5.41, 5.74) is 1.94. The molecule has 0 amide bonds. The van der Waals surface area contributed by atoms with Crippen molar-refractivity contribution in [3.8, 4) is 0 Å². The lowest BCUT2D eigenvalue weighted by atomic mass is 9.88. The Kier molecular flexibility index (Phi) is 4.12. The molecule has 17 heavy (non-hydrogen) atoms. The van der Waals surface area contributed by atoms with E-state index >= 15 is 0 Å². The standard InChI is InChI=1S/C14H24N2O/c1-7-8-11-9-16(10(2)3)13(17)15-12(11)14(4,5)6/h9-10H,7-8H2,1-6H3. The van der Waals surface area contributed by atoms with Crippen LogP contribution in [0.25, 0.3) is 0 Å². The van der Waals surface area contributed by atoms with Gasteiger partial charge in [0.2, 0.25) is 0 Å². The predicted molar refractivity (Wildman–Crippen MR) is 71.6 cm³/mol. The van der Waals surface area contributed by atoms with Crippen molar-refractivity contribution in [2.45, 2.75) is 65.8 Å². The van der Waals surface area contributed by atoms with Gasteiger partial charge in [-0.1, -0.05) is 34.1 Å². The summed E-state index contributed by atoms with van der Waals surface area (Å²) in [6, 6.07) is 0.166. The van der Waals surface area contributed by atoms with Gasteiger partial charge in [0.15, 0.2) is 0 Å². The lowest BCUT2D eigenvalue weighted by Gasteiger charge is -2.23. The minimum atomic E-state index is -0.134. The second kappa shape index (κ2) is 5.03. The Morgan fingerprint density at radius 1 is 1.35 bits per heavy atom. The monoisotopic (exact) mass is 236 g/mol. The highest BCUT2D eigenvalue weighted by Gasteiger charge is 2.21. The van der Waals surface area contributed by atoms with Crippen molar-refractivity contribution in [1.29, 1.82) is 0 Å². The molecular formula is C14H24N2O. The summed E-state index contributed by atoms with van der Waals surface area (Å²) in [4.78, 5) is 16.2. The first kappa shape index (κ1) is 13.9. The summed E-state index contributed by atoms with van der Waals surface area (Å²) >= 11 is 0. The van der Waals surface area contributed by atoms with E-state index in [4.69, 9.17) is 0 Å². The maximum absolute atomic E-state index is 11.9. The van der Waals surface area contributed by atoms with Gasteiger partial charge >= 0.3 is 5.69 Å². The van der Waals surface area contributed by atoms with E-state index in [2.05, 4.69) is 32.7 Å². The van der Waals surface area contributed by atoms with Crippen LogP contribution in [0.5, 0.6) is 0 Å². The maximum atomic E-state index is 11.9. The molecule has 0 aliphatic rings. The Hall–Kier alpha value is -1.12. The Morgan fingerprint density at radius 3 is 2.35 bits per heavy atom. The maximum Gasteiger partial charge on any atom is 0.348 e. The van der Waals surface area contributed by atoms with Crippen LogP contribution in [0.1, 0.15) is 65.3 Å². The van der Waals surface area contributed by atoms with Crippen LogP contribution >= 0.6 is 0 Å². The van der Waals surface area contributed by atoms with Gasteiger partial charge in [-0.15, -0.1) is 0 Å². The van der Waals surface area contributed by atoms with Gasteiger partial charge in [0.1, 0.15) is 0 Å². The third-order valence-corrected chi connectivity index (χ3v) is 2.81. The van der Waals surface area contributed by atoms with Crippen molar-refractivity contribution in [2.75, 3.05) is 0 Å². The average Bonchev–Trinajstić information content (AvgIpc) is 2.18. The molecule has 0 saturated heterocycles. The van der Waals surface area contributed by atoms with E-state index in [9.17, 15) is 4.79 Å². The molecule has 1 aromatic rings. The van der Waals surface area contributed by atoms with E-state index in [1.807, 2.05) is 20.0 Å². The van der Waals surface area contributed by atoms with Gasteiger partial charge in [-0.2, -0.15) is 4.98 Å². The van der Waals surface area contributed by atoms with Crippen LogP contribution in [0.4, 0.5) is 0 Å². The minimum absolute atomic E-state index is 0.0697. The molecule has 1 heterocycles. The molecule has 0 unspecified atom stereocenters. The smallest absolute Gasteiger partial charge is 0.296 e. The van der Waals surface area contributed by atoms with Crippen LogP contribution in [0.15, 0.2) is 11.0 Å². The predicted octanol–water partition coefficient (Wildman–Crippen LogP) is 3.07. The molecule has 0 aromatic carbocycles. The molecule has 0 spiro atoms. The number of nitrogens with zero attached hydrogens (tertiary/aromatic N) is 2. The van der Waals surface area contributed by atoms with Crippen molar-refractivity contribution in [3.05, 3.63) is 27.9 Å². The molecular weight excluding hydrogens is 212 g/mol. The Morgan fingerprint density at radius 2 is 1.94 bits per heavy atom. The second-order valence-electron chi connectivity index (χ2n) is 5.90.